The number of benzene rings is 2. The summed E-state index contributed by atoms with van der Waals surface area (Å²) in [6.07, 6.45) is 0. The largest absolute Gasteiger partial charge is 0.493 e. The lowest BCUT2D eigenvalue weighted by Gasteiger charge is -2.26. The van der Waals surface area contributed by atoms with Crippen LogP contribution in [0.2, 0.25) is 0 Å². The van der Waals surface area contributed by atoms with Crippen molar-refractivity contribution >= 4 is 11.0 Å². The van der Waals surface area contributed by atoms with Gasteiger partial charge in [0.05, 0.1) is 25.4 Å². The lowest BCUT2D eigenvalue weighted by molar-refractivity contribution is 0.0337. The van der Waals surface area contributed by atoms with Crippen LogP contribution >= 0.6 is 0 Å². The van der Waals surface area contributed by atoms with Crippen LogP contribution in [0.25, 0.3) is 11.0 Å². The normalized spacial score (nSPS) is 16.1. The molecule has 0 aliphatic carbocycles. The number of fused-ring (bicyclic) bond motifs is 1. The topological polar surface area (TPSA) is 51.9 Å². The van der Waals surface area contributed by atoms with Gasteiger partial charge in [-0.2, -0.15) is 0 Å². The molecule has 0 bridgehead atoms. The zero-order chi connectivity index (χ0) is 20.2. The van der Waals surface area contributed by atoms with Crippen LogP contribution in [0.3, 0.4) is 0 Å². The maximum atomic E-state index is 12.6. The van der Waals surface area contributed by atoms with E-state index in [-0.39, 0.29) is 11.5 Å². The van der Waals surface area contributed by atoms with Crippen molar-refractivity contribution in [1.29, 1.82) is 0 Å². The second kappa shape index (κ2) is 8.80. The van der Waals surface area contributed by atoms with Crippen molar-refractivity contribution in [2.45, 2.75) is 26.3 Å². The molecule has 0 amide bonds. The van der Waals surface area contributed by atoms with Crippen molar-refractivity contribution < 1.29 is 13.9 Å². The van der Waals surface area contributed by atoms with Gasteiger partial charge in [-0.15, -0.1) is 0 Å². The summed E-state index contributed by atoms with van der Waals surface area (Å²) < 4.78 is 17.0. The molecular weight excluding hydrogens is 366 g/mol. The standard InChI is InChI=1S/C24H27NO4/c1-17(19-6-4-3-5-7-19)16-28-20-8-9-21-18(2)22(24(26)29-23(21)14-20)15-25-10-12-27-13-11-25/h3-9,14,17H,10-13,15-16H2,1-2H3. The Kier molecular flexibility index (Phi) is 5.97. The molecule has 2 heterocycles. The molecule has 1 fully saturated rings. The SMILES string of the molecule is Cc1c(CN2CCOCC2)c(=O)oc2cc(OCC(C)c3ccccc3)ccc12. The number of rotatable bonds is 6. The predicted octanol–water partition coefficient (Wildman–Crippen LogP) is 4.12. The molecule has 1 aliphatic heterocycles. The molecule has 29 heavy (non-hydrogen) atoms. The average Bonchev–Trinajstić information content (AvgIpc) is 2.76. The molecule has 1 saturated heterocycles. The van der Waals surface area contributed by atoms with Gasteiger partial charge in [0.2, 0.25) is 0 Å². The van der Waals surface area contributed by atoms with E-state index in [1.54, 1.807) is 0 Å². The molecule has 0 spiro atoms. The summed E-state index contributed by atoms with van der Waals surface area (Å²) in [6, 6.07) is 16.0. The smallest absolute Gasteiger partial charge is 0.341 e. The number of ether oxygens (including phenoxy) is 2. The Morgan fingerprint density at radius 1 is 1.10 bits per heavy atom. The molecule has 0 N–H and O–H groups in total. The van der Waals surface area contributed by atoms with E-state index in [0.717, 1.165) is 29.6 Å². The minimum atomic E-state index is -0.267. The van der Waals surface area contributed by atoms with Crippen LogP contribution in [0.5, 0.6) is 5.75 Å². The average molecular weight is 393 g/mol. The van der Waals surface area contributed by atoms with Gasteiger partial charge in [-0.3, -0.25) is 4.90 Å². The molecule has 5 heteroatoms. The van der Waals surface area contributed by atoms with Crippen molar-refractivity contribution in [3.05, 3.63) is 75.6 Å². The second-order valence-corrected chi connectivity index (χ2v) is 7.66. The maximum absolute atomic E-state index is 12.6. The summed E-state index contributed by atoms with van der Waals surface area (Å²) in [6.45, 7) is 8.38. The van der Waals surface area contributed by atoms with E-state index in [4.69, 9.17) is 13.9 Å². The molecule has 0 saturated carbocycles. The van der Waals surface area contributed by atoms with Crippen LogP contribution in [0.4, 0.5) is 0 Å². The highest BCUT2D eigenvalue weighted by Crippen LogP contribution is 2.26. The molecule has 3 aromatic rings. The first-order valence-corrected chi connectivity index (χ1v) is 10.2. The van der Waals surface area contributed by atoms with Crippen LogP contribution in [0, 0.1) is 6.92 Å². The first-order chi connectivity index (χ1) is 14.1. The first kappa shape index (κ1) is 19.7. The molecule has 152 valence electrons. The van der Waals surface area contributed by atoms with Gasteiger partial charge in [0.25, 0.3) is 0 Å². The molecule has 2 aromatic carbocycles. The zero-order valence-corrected chi connectivity index (χ0v) is 17.0. The fourth-order valence-corrected chi connectivity index (χ4v) is 3.73. The molecule has 1 unspecified atom stereocenters. The highest BCUT2D eigenvalue weighted by Gasteiger charge is 2.17. The van der Waals surface area contributed by atoms with Gasteiger partial charge in [0, 0.05) is 37.0 Å². The molecular formula is C24H27NO4. The lowest BCUT2D eigenvalue weighted by Crippen LogP contribution is -2.37. The van der Waals surface area contributed by atoms with Gasteiger partial charge in [-0.1, -0.05) is 37.3 Å². The third-order valence-electron chi connectivity index (χ3n) is 5.61. The summed E-state index contributed by atoms with van der Waals surface area (Å²) >= 11 is 0. The number of nitrogens with zero attached hydrogens (tertiary/aromatic N) is 1. The molecule has 1 atom stereocenters. The van der Waals surface area contributed by atoms with Crippen LogP contribution in [0.15, 0.2) is 57.7 Å². The fourth-order valence-electron chi connectivity index (χ4n) is 3.73. The van der Waals surface area contributed by atoms with E-state index < -0.39 is 0 Å². The number of morpholine rings is 1. The van der Waals surface area contributed by atoms with Crippen LogP contribution in [-0.2, 0) is 11.3 Å². The van der Waals surface area contributed by atoms with E-state index >= 15 is 0 Å². The Morgan fingerprint density at radius 3 is 2.62 bits per heavy atom. The number of hydrogen-bond donors (Lipinski definition) is 0. The van der Waals surface area contributed by atoms with Crippen molar-refractivity contribution in [1.82, 2.24) is 4.90 Å². The van der Waals surface area contributed by atoms with Gasteiger partial charge in [0.1, 0.15) is 11.3 Å². The van der Waals surface area contributed by atoms with Gasteiger partial charge >= 0.3 is 5.63 Å². The Labute approximate surface area is 170 Å². The van der Waals surface area contributed by atoms with Gasteiger partial charge in [-0.05, 0) is 30.2 Å². The van der Waals surface area contributed by atoms with Gasteiger partial charge in [0.15, 0.2) is 0 Å². The van der Waals surface area contributed by atoms with Crippen LogP contribution in [0.1, 0.15) is 29.5 Å². The Morgan fingerprint density at radius 2 is 1.86 bits per heavy atom. The summed E-state index contributed by atoms with van der Waals surface area (Å²) in [5, 5.41) is 0.955. The van der Waals surface area contributed by atoms with E-state index in [9.17, 15) is 4.79 Å². The lowest BCUT2D eigenvalue weighted by atomic mass is 10.0. The van der Waals surface area contributed by atoms with Crippen LogP contribution < -0.4 is 10.4 Å². The van der Waals surface area contributed by atoms with E-state index in [1.165, 1.54) is 5.56 Å². The quantitative estimate of drug-likeness (QED) is 0.590. The summed E-state index contributed by atoms with van der Waals surface area (Å²) in [5.41, 5.74) is 3.25. The molecule has 4 rings (SSSR count). The summed E-state index contributed by atoms with van der Waals surface area (Å²) in [4.78, 5) is 14.9. The summed E-state index contributed by atoms with van der Waals surface area (Å²) in [7, 11) is 0. The van der Waals surface area contributed by atoms with Crippen LogP contribution in [-0.4, -0.2) is 37.8 Å². The molecule has 5 nitrogen and oxygen atoms in total. The molecule has 0 radical (unpaired) electrons. The second-order valence-electron chi connectivity index (χ2n) is 7.66. The Hall–Kier alpha value is -2.63. The third-order valence-corrected chi connectivity index (χ3v) is 5.61. The molecule has 1 aromatic heterocycles. The van der Waals surface area contributed by atoms with E-state index in [2.05, 4.69) is 24.0 Å². The summed E-state index contributed by atoms with van der Waals surface area (Å²) in [5.74, 6) is 0.986. The van der Waals surface area contributed by atoms with Gasteiger partial charge < -0.3 is 13.9 Å². The number of hydrogen-bond acceptors (Lipinski definition) is 5. The molecule has 1 aliphatic rings. The van der Waals surface area contributed by atoms with E-state index in [0.29, 0.717) is 37.7 Å². The van der Waals surface area contributed by atoms with Crippen molar-refractivity contribution in [3.63, 3.8) is 0 Å². The van der Waals surface area contributed by atoms with Crippen molar-refractivity contribution in [3.8, 4) is 5.75 Å². The third kappa shape index (κ3) is 4.52. The maximum Gasteiger partial charge on any atom is 0.341 e. The fraction of sp³-hybridized carbons (Fsp3) is 0.375. The Balaban J connectivity index is 1.52. The minimum Gasteiger partial charge on any atom is -0.493 e. The highest BCUT2D eigenvalue weighted by atomic mass is 16.5. The van der Waals surface area contributed by atoms with Crippen molar-refractivity contribution in [2.24, 2.45) is 0 Å². The van der Waals surface area contributed by atoms with Crippen molar-refractivity contribution in [2.75, 3.05) is 32.9 Å². The monoisotopic (exact) mass is 393 g/mol. The zero-order valence-electron chi connectivity index (χ0n) is 17.0. The number of aryl methyl sites for hydroxylation is 1. The highest BCUT2D eigenvalue weighted by molar-refractivity contribution is 5.82. The van der Waals surface area contributed by atoms with Gasteiger partial charge in [-0.25, -0.2) is 4.79 Å². The first-order valence-electron chi connectivity index (χ1n) is 10.2. The predicted molar refractivity (Wildman–Crippen MR) is 114 cm³/mol. The minimum absolute atomic E-state index is 0.267. The van der Waals surface area contributed by atoms with E-state index in [1.807, 2.05) is 43.3 Å². The Bertz CT molecular complexity index is 1020.